The summed E-state index contributed by atoms with van der Waals surface area (Å²) < 4.78 is 10.4. The van der Waals surface area contributed by atoms with Gasteiger partial charge in [0.1, 0.15) is 6.10 Å². The predicted octanol–water partition coefficient (Wildman–Crippen LogP) is 4.24. The lowest BCUT2D eigenvalue weighted by atomic mass is 9.56. The SMILES string of the molecule is COC(=O)[C@H]1[C@H](C(=O)O)[C@@H](C(=O)O)[C@H]1C(=O)NCC[C@@H](Cc1ccc(Cl)c(Cl)c1)OC(=O)c1ccc2ccccc2c1. The number of amides is 1. The first kappa shape index (κ1) is 30.8. The molecule has 0 heterocycles. The highest BCUT2D eigenvalue weighted by atomic mass is 35.5. The lowest BCUT2D eigenvalue weighted by molar-refractivity contribution is -0.188. The minimum atomic E-state index is -1.61. The summed E-state index contributed by atoms with van der Waals surface area (Å²) in [5.74, 6) is -11.5. The van der Waals surface area contributed by atoms with Crippen molar-refractivity contribution in [3.05, 3.63) is 81.8 Å². The van der Waals surface area contributed by atoms with E-state index in [1.165, 1.54) is 0 Å². The van der Waals surface area contributed by atoms with E-state index in [0.29, 0.717) is 21.2 Å². The van der Waals surface area contributed by atoms with Crippen LogP contribution < -0.4 is 5.32 Å². The van der Waals surface area contributed by atoms with Crippen molar-refractivity contribution in [3.8, 4) is 0 Å². The summed E-state index contributed by atoms with van der Waals surface area (Å²) in [6.07, 6.45) is -0.415. The van der Waals surface area contributed by atoms with E-state index in [0.717, 1.165) is 17.9 Å². The maximum absolute atomic E-state index is 13.1. The number of carboxylic acids is 2. The molecule has 3 aromatic rings. The number of rotatable bonds is 11. The van der Waals surface area contributed by atoms with Gasteiger partial charge in [-0.15, -0.1) is 0 Å². The molecule has 10 nitrogen and oxygen atoms in total. The first-order valence-electron chi connectivity index (χ1n) is 13.0. The van der Waals surface area contributed by atoms with Crippen LogP contribution in [0.3, 0.4) is 0 Å². The van der Waals surface area contributed by atoms with E-state index in [4.69, 9.17) is 27.9 Å². The van der Waals surface area contributed by atoms with Gasteiger partial charge in [0.15, 0.2) is 0 Å². The molecule has 42 heavy (non-hydrogen) atoms. The summed E-state index contributed by atoms with van der Waals surface area (Å²) in [5, 5.41) is 24.1. The van der Waals surface area contributed by atoms with Crippen LogP contribution in [-0.2, 0) is 35.1 Å². The molecule has 1 aliphatic carbocycles. The zero-order valence-electron chi connectivity index (χ0n) is 22.3. The van der Waals surface area contributed by atoms with Crippen molar-refractivity contribution in [1.29, 1.82) is 0 Å². The number of esters is 2. The first-order valence-corrected chi connectivity index (χ1v) is 13.7. The van der Waals surface area contributed by atoms with Crippen LogP contribution in [0.1, 0.15) is 22.3 Å². The van der Waals surface area contributed by atoms with E-state index in [9.17, 15) is 34.2 Å². The quantitative estimate of drug-likeness (QED) is 0.268. The van der Waals surface area contributed by atoms with Gasteiger partial charge in [-0.05, 0) is 40.6 Å². The van der Waals surface area contributed by atoms with Crippen LogP contribution in [0.2, 0.25) is 10.0 Å². The molecule has 0 spiro atoms. The van der Waals surface area contributed by atoms with Gasteiger partial charge in [-0.2, -0.15) is 0 Å². The van der Waals surface area contributed by atoms with E-state index in [1.807, 2.05) is 24.3 Å². The number of hydrogen-bond acceptors (Lipinski definition) is 7. The Morgan fingerprint density at radius 2 is 1.50 bits per heavy atom. The van der Waals surface area contributed by atoms with E-state index in [1.54, 1.807) is 36.4 Å². The molecule has 1 fully saturated rings. The van der Waals surface area contributed by atoms with Crippen molar-refractivity contribution in [2.75, 3.05) is 13.7 Å². The fraction of sp³-hybridized carbons (Fsp3) is 0.300. The number of halogens is 2. The molecule has 0 radical (unpaired) electrons. The lowest BCUT2D eigenvalue weighted by Crippen LogP contribution is -2.62. The number of methoxy groups -OCH3 is 1. The fourth-order valence-corrected chi connectivity index (χ4v) is 5.58. The summed E-state index contributed by atoms with van der Waals surface area (Å²) in [5.41, 5.74) is 1.04. The van der Waals surface area contributed by atoms with Crippen LogP contribution in [0.5, 0.6) is 0 Å². The molecule has 0 aliphatic heterocycles. The molecular weight excluding hydrogens is 589 g/mol. The van der Waals surface area contributed by atoms with Gasteiger partial charge in [-0.1, -0.05) is 59.6 Å². The Morgan fingerprint density at radius 3 is 2.14 bits per heavy atom. The van der Waals surface area contributed by atoms with Gasteiger partial charge in [0.25, 0.3) is 0 Å². The van der Waals surface area contributed by atoms with Crippen molar-refractivity contribution in [2.24, 2.45) is 23.7 Å². The van der Waals surface area contributed by atoms with Gasteiger partial charge in [-0.3, -0.25) is 19.2 Å². The van der Waals surface area contributed by atoms with Gasteiger partial charge in [-0.25, -0.2) is 4.79 Å². The van der Waals surface area contributed by atoms with Gasteiger partial charge >= 0.3 is 23.9 Å². The molecule has 1 aliphatic rings. The number of carbonyl (C=O) groups excluding carboxylic acids is 3. The second-order valence-corrected chi connectivity index (χ2v) is 10.7. The summed E-state index contributed by atoms with van der Waals surface area (Å²) >= 11 is 12.2. The Labute approximate surface area is 250 Å². The van der Waals surface area contributed by atoms with Gasteiger partial charge in [0.05, 0.1) is 46.4 Å². The minimum Gasteiger partial charge on any atom is -0.481 e. The van der Waals surface area contributed by atoms with Crippen molar-refractivity contribution in [2.45, 2.75) is 18.9 Å². The van der Waals surface area contributed by atoms with Crippen LogP contribution in [0.25, 0.3) is 10.8 Å². The molecule has 3 N–H and O–H groups in total. The van der Waals surface area contributed by atoms with E-state index in [2.05, 4.69) is 10.1 Å². The van der Waals surface area contributed by atoms with Gasteiger partial charge in [0.2, 0.25) is 5.91 Å². The third kappa shape index (κ3) is 6.66. The summed E-state index contributed by atoms with van der Waals surface area (Å²) in [6, 6.07) is 17.7. The smallest absolute Gasteiger partial charge is 0.338 e. The summed E-state index contributed by atoms with van der Waals surface area (Å²) in [4.78, 5) is 61.8. The van der Waals surface area contributed by atoms with E-state index >= 15 is 0 Å². The number of fused-ring (bicyclic) bond motifs is 1. The molecule has 0 bridgehead atoms. The van der Waals surface area contributed by atoms with E-state index in [-0.39, 0.29) is 19.4 Å². The molecule has 3 aromatic carbocycles. The largest absolute Gasteiger partial charge is 0.481 e. The normalized spacial score (nSPS) is 20.2. The van der Waals surface area contributed by atoms with Crippen molar-refractivity contribution < 1.29 is 43.7 Å². The zero-order valence-corrected chi connectivity index (χ0v) is 23.8. The minimum absolute atomic E-state index is 0.0652. The summed E-state index contributed by atoms with van der Waals surface area (Å²) in [6.45, 7) is -0.0652. The molecular formula is C30H27Cl2NO9. The zero-order chi connectivity index (χ0) is 30.6. The monoisotopic (exact) mass is 615 g/mol. The highest BCUT2D eigenvalue weighted by Crippen LogP contribution is 2.47. The maximum atomic E-state index is 13.1. The number of ether oxygens (including phenoxy) is 2. The molecule has 0 unspecified atom stereocenters. The molecule has 4 rings (SSSR count). The Bertz CT molecular complexity index is 1540. The van der Waals surface area contributed by atoms with Crippen LogP contribution in [0.4, 0.5) is 0 Å². The third-order valence-corrected chi connectivity index (χ3v) is 8.10. The molecule has 12 heteroatoms. The molecule has 1 saturated carbocycles. The van der Waals surface area contributed by atoms with Gasteiger partial charge < -0.3 is 25.0 Å². The van der Waals surface area contributed by atoms with E-state index < -0.39 is 59.6 Å². The molecule has 5 atom stereocenters. The van der Waals surface area contributed by atoms with Crippen molar-refractivity contribution in [3.63, 3.8) is 0 Å². The van der Waals surface area contributed by atoms with Crippen LogP contribution in [0, 0.1) is 23.7 Å². The fourth-order valence-electron chi connectivity index (χ4n) is 5.26. The summed E-state index contributed by atoms with van der Waals surface area (Å²) in [7, 11) is 1.03. The maximum Gasteiger partial charge on any atom is 0.338 e. The number of carboxylic acid groups (broad SMARTS) is 2. The molecule has 1 amide bonds. The number of hydrogen-bond donors (Lipinski definition) is 3. The first-order chi connectivity index (χ1) is 20.0. The second kappa shape index (κ2) is 13.2. The number of carbonyl (C=O) groups is 5. The standard InChI is InChI=1S/C30H27Cl2NO9/c1-41-30(40)25-22(23(27(35)36)24(25)28(37)38)26(34)33-11-10-19(12-15-6-9-20(31)21(32)13-15)42-29(39)18-8-7-16-4-2-3-5-17(16)14-18/h2-9,13-14,19,22-25H,10-12H2,1H3,(H,33,34)(H,35,36)(H,37,38)/t19-,22+,23-,24+,25+/m0/s1. The highest BCUT2D eigenvalue weighted by Gasteiger charge is 2.64. The third-order valence-electron chi connectivity index (χ3n) is 7.37. The van der Waals surface area contributed by atoms with Crippen molar-refractivity contribution in [1.82, 2.24) is 5.32 Å². The number of nitrogens with one attached hydrogen (secondary N) is 1. The average molecular weight is 616 g/mol. The Hall–Kier alpha value is -4.15. The van der Waals surface area contributed by atoms with Crippen LogP contribution in [0.15, 0.2) is 60.7 Å². The Balaban J connectivity index is 1.49. The second-order valence-electron chi connectivity index (χ2n) is 9.92. The molecule has 0 aromatic heterocycles. The Morgan fingerprint density at radius 1 is 0.833 bits per heavy atom. The predicted molar refractivity (Wildman–Crippen MR) is 152 cm³/mol. The van der Waals surface area contributed by atoms with Crippen LogP contribution >= 0.6 is 23.2 Å². The molecule has 220 valence electrons. The molecule has 0 saturated heterocycles. The topological polar surface area (TPSA) is 156 Å². The van der Waals surface area contributed by atoms with Crippen LogP contribution in [-0.4, -0.2) is 59.8 Å². The lowest BCUT2D eigenvalue weighted by Gasteiger charge is -2.44. The average Bonchev–Trinajstić information content (AvgIpc) is 2.93. The number of aliphatic carboxylic acids is 2. The highest BCUT2D eigenvalue weighted by molar-refractivity contribution is 6.42. The van der Waals surface area contributed by atoms with Gasteiger partial charge in [0, 0.05) is 19.4 Å². The van der Waals surface area contributed by atoms with Crippen molar-refractivity contribution >= 4 is 63.8 Å². The Kier molecular flexibility index (Phi) is 9.70. The number of benzene rings is 3.